The summed E-state index contributed by atoms with van der Waals surface area (Å²) in [7, 11) is 2.04. The van der Waals surface area contributed by atoms with Gasteiger partial charge >= 0.3 is 0 Å². The van der Waals surface area contributed by atoms with E-state index >= 15 is 0 Å². The van der Waals surface area contributed by atoms with E-state index in [1.807, 2.05) is 7.05 Å². The number of ether oxygens (including phenoxy) is 1. The molecule has 1 N–H and O–H groups in total. The molecule has 3 rings (SSSR count). The summed E-state index contributed by atoms with van der Waals surface area (Å²) in [5.41, 5.74) is 2.68. The molecule has 0 saturated carbocycles. The van der Waals surface area contributed by atoms with Crippen molar-refractivity contribution in [2.45, 2.75) is 51.3 Å². The topological polar surface area (TPSA) is 24.5 Å². The highest BCUT2D eigenvalue weighted by Gasteiger charge is 2.32. The number of likely N-dealkylation sites (tertiary alicyclic amines) is 1. The Hall–Kier alpha value is -0.770. The molecule has 1 unspecified atom stereocenters. The van der Waals surface area contributed by atoms with Gasteiger partial charge in [0.15, 0.2) is 0 Å². The van der Waals surface area contributed by atoms with Crippen molar-refractivity contribution < 1.29 is 4.74 Å². The lowest BCUT2D eigenvalue weighted by Gasteiger charge is -2.25. The van der Waals surface area contributed by atoms with Crippen molar-refractivity contribution in [1.29, 1.82) is 0 Å². The van der Waals surface area contributed by atoms with E-state index in [-0.39, 0.29) is 18.0 Å². The monoisotopic (exact) mass is 310 g/mol. The molecule has 2 aliphatic rings. The lowest BCUT2D eigenvalue weighted by Crippen LogP contribution is -2.36. The van der Waals surface area contributed by atoms with Crippen molar-refractivity contribution in [1.82, 2.24) is 10.2 Å². The number of benzene rings is 1. The highest BCUT2D eigenvalue weighted by atomic mass is 35.5. The third-order valence-electron chi connectivity index (χ3n) is 4.48. The zero-order valence-corrected chi connectivity index (χ0v) is 14.1. The molecule has 1 atom stereocenters. The van der Waals surface area contributed by atoms with Gasteiger partial charge in [0.25, 0.3) is 0 Å². The van der Waals surface area contributed by atoms with Crippen molar-refractivity contribution in [3.63, 3.8) is 0 Å². The molecule has 0 spiro atoms. The predicted molar refractivity (Wildman–Crippen MR) is 89.5 cm³/mol. The molecule has 2 heterocycles. The maximum Gasteiger partial charge on any atom is 0.127 e. The van der Waals surface area contributed by atoms with Crippen LogP contribution < -0.4 is 10.1 Å². The van der Waals surface area contributed by atoms with Crippen LogP contribution in [0.1, 0.15) is 37.8 Å². The number of rotatable bonds is 4. The van der Waals surface area contributed by atoms with Crippen LogP contribution in [0.3, 0.4) is 0 Å². The lowest BCUT2D eigenvalue weighted by atomic mass is 10.0. The van der Waals surface area contributed by atoms with E-state index in [9.17, 15) is 0 Å². The normalized spacial score (nSPS) is 23.5. The average Bonchev–Trinajstić information content (AvgIpc) is 2.93. The minimum atomic E-state index is -0.0478. The van der Waals surface area contributed by atoms with E-state index in [0.29, 0.717) is 6.04 Å². The minimum absolute atomic E-state index is 0. The number of likely N-dealkylation sites (N-methyl/N-ethyl adjacent to an activating group) is 1. The minimum Gasteiger partial charge on any atom is -0.487 e. The number of halogens is 1. The molecule has 1 fully saturated rings. The standard InChI is InChI=1S/C17H26N2O.ClH/c1-17(2)10-13-6-4-7-14(16(13)20-17)12-19-9-5-8-15(19)11-18-3;/h4,6-7,15,18H,5,8-12H2,1-3H3;1H. The van der Waals surface area contributed by atoms with Gasteiger partial charge in [-0.25, -0.2) is 0 Å². The first kappa shape index (κ1) is 16.6. The largest absolute Gasteiger partial charge is 0.487 e. The predicted octanol–water partition coefficient (Wildman–Crippen LogP) is 3.01. The molecule has 4 heteroatoms. The summed E-state index contributed by atoms with van der Waals surface area (Å²) in [6, 6.07) is 7.30. The first-order valence-corrected chi connectivity index (χ1v) is 7.77. The second-order valence-electron chi connectivity index (χ2n) is 6.77. The first-order chi connectivity index (χ1) is 9.59. The average molecular weight is 311 g/mol. The molecule has 1 aromatic carbocycles. The van der Waals surface area contributed by atoms with Crippen molar-refractivity contribution in [3.8, 4) is 5.75 Å². The molecule has 1 saturated heterocycles. The zero-order valence-electron chi connectivity index (χ0n) is 13.3. The molecule has 0 amide bonds. The van der Waals surface area contributed by atoms with Crippen LogP contribution in [0.15, 0.2) is 18.2 Å². The van der Waals surface area contributed by atoms with Crippen LogP contribution in [0.2, 0.25) is 0 Å². The summed E-state index contributed by atoms with van der Waals surface area (Å²) in [6.45, 7) is 7.67. The molecular weight excluding hydrogens is 284 g/mol. The summed E-state index contributed by atoms with van der Waals surface area (Å²) < 4.78 is 6.19. The molecule has 1 aromatic rings. The van der Waals surface area contributed by atoms with Crippen molar-refractivity contribution >= 4 is 12.4 Å². The highest BCUT2D eigenvalue weighted by Crippen LogP contribution is 2.38. The quantitative estimate of drug-likeness (QED) is 0.925. The summed E-state index contributed by atoms with van der Waals surface area (Å²) >= 11 is 0. The van der Waals surface area contributed by atoms with Crippen LogP contribution in [0, 0.1) is 0 Å². The van der Waals surface area contributed by atoms with Crippen molar-refractivity contribution in [3.05, 3.63) is 29.3 Å². The third-order valence-corrected chi connectivity index (χ3v) is 4.48. The van der Waals surface area contributed by atoms with E-state index in [4.69, 9.17) is 4.74 Å². The van der Waals surface area contributed by atoms with Gasteiger partial charge in [-0.15, -0.1) is 12.4 Å². The Morgan fingerprint density at radius 1 is 1.38 bits per heavy atom. The molecule has 0 bridgehead atoms. The van der Waals surface area contributed by atoms with Gasteiger partial charge in [-0.05, 0) is 45.8 Å². The summed E-state index contributed by atoms with van der Waals surface area (Å²) in [6.07, 6.45) is 3.64. The molecule has 2 aliphatic heterocycles. The summed E-state index contributed by atoms with van der Waals surface area (Å²) in [5.74, 6) is 1.15. The molecule has 3 nitrogen and oxygen atoms in total. The first-order valence-electron chi connectivity index (χ1n) is 7.77. The number of fused-ring (bicyclic) bond motifs is 1. The lowest BCUT2D eigenvalue weighted by molar-refractivity contribution is 0.135. The van der Waals surface area contributed by atoms with E-state index in [1.54, 1.807) is 0 Å². The second kappa shape index (κ2) is 6.55. The molecular formula is C17H27ClN2O. The maximum atomic E-state index is 6.19. The van der Waals surface area contributed by atoms with Crippen LogP contribution in [-0.4, -0.2) is 36.7 Å². The van der Waals surface area contributed by atoms with Gasteiger partial charge in [-0.1, -0.05) is 18.2 Å². The van der Waals surface area contributed by atoms with Crippen LogP contribution in [0.25, 0.3) is 0 Å². The third kappa shape index (κ3) is 3.53. The smallest absolute Gasteiger partial charge is 0.127 e. The molecule has 0 radical (unpaired) electrons. The fourth-order valence-electron chi connectivity index (χ4n) is 3.59. The fraction of sp³-hybridized carbons (Fsp3) is 0.647. The number of para-hydroxylation sites is 1. The molecule has 0 aromatic heterocycles. The van der Waals surface area contributed by atoms with Gasteiger partial charge in [0.1, 0.15) is 11.4 Å². The van der Waals surface area contributed by atoms with Gasteiger partial charge in [0.2, 0.25) is 0 Å². The Bertz CT molecular complexity index is 490. The van der Waals surface area contributed by atoms with Crippen LogP contribution in [-0.2, 0) is 13.0 Å². The van der Waals surface area contributed by atoms with Crippen molar-refractivity contribution in [2.75, 3.05) is 20.1 Å². The van der Waals surface area contributed by atoms with Gasteiger partial charge in [0, 0.05) is 31.1 Å². The maximum absolute atomic E-state index is 6.19. The molecule has 118 valence electrons. The Morgan fingerprint density at radius 3 is 2.95 bits per heavy atom. The van der Waals surface area contributed by atoms with E-state index in [0.717, 1.165) is 25.3 Å². The van der Waals surface area contributed by atoms with Crippen LogP contribution in [0.4, 0.5) is 0 Å². The Balaban J connectivity index is 0.00000161. The van der Waals surface area contributed by atoms with Gasteiger partial charge in [0.05, 0.1) is 0 Å². The fourth-order valence-corrected chi connectivity index (χ4v) is 3.59. The second-order valence-corrected chi connectivity index (χ2v) is 6.77. The number of hydrogen-bond acceptors (Lipinski definition) is 3. The van der Waals surface area contributed by atoms with Crippen molar-refractivity contribution in [2.24, 2.45) is 0 Å². The SMILES string of the molecule is CNCC1CCCN1Cc1cccc2c1OC(C)(C)C2.Cl. The van der Waals surface area contributed by atoms with Gasteiger partial charge < -0.3 is 10.1 Å². The Kier molecular flexibility index (Phi) is 5.18. The zero-order chi connectivity index (χ0) is 14.2. The molecule has 0 aliphatic carbocycles. The van der Waals surface area contributed by atoms with E-state index < -0.39 is 0 Å². The number of nitrogens with one attached hydrogen (secondary N) is 1. The number of nitrogens with zero attached hydrogens (tertiary/aromatic N) is 1. The number of hydrogen-bond donors (Lipinski definition) is 1. The highest BCUT2D eigenvalue weighted by molar-refractivity contribution is 5.85. The summed E-state index contributed by atoms with van der Waals surface area (Å²) in [5, 5.41) is 3.32. The summed E-state index contributed by atoms with van der Waals surface area (Å²) in [4.78, 5) is 2.60. The van der Waals surface area contributed by atoms with Crippen LogP contribution in [0.5, 0.6) is 5.75 Å². The van der Waals surface area contributed by atoms with Gasteiger partial charge in [-0.2, -0.15) is 0 Å². The van der Waals surface area contributed by atoms with Gasteiger partial charge in [-0.3, -0.25) is 4.90 Å². The van der Waals surface area contributed by atoms with Crippen LogP contribution >= 0.6 is 12.4 Å². The Labute approximate surface area is 134 Å². The molecule has 21 heavy (non-hydrogen) atoms. The van der Waals surface area contributed by atoms with E-state index in [1.165, 1.54) is 30.5 Å². The Morgan fingerprint density at radius 2 is 2.19 bits per heavy atom. The van der Waals surface area contributed by atoms with E-state index in [2.05, 4.69) is 42.3 Å².